The smallest absolute Gasteiger partial charge is 0.152 e. The maximum atomic E-state index is 6.21. The van der Waals surface area contributed by atoms with Crippen LogP contribution in [0.1, 0.15) is 19.8 Å². The topological polar surface area (TPSA) is 52.8 Å². The van der Waals surface area contributed by atoms with Gasteiger partial charge in [0.05, 0.1) is 28.4 Å². The summed E-state index contributed by atoms with van der Waals surface area (Å²) in [6.45, 7) is 6.21. The Morgan fingerprint density at radius 1 is 0.800 bits per heavy atom. The van der Waals surface area contributed by atoms with E-state index in [9.17, 15) is 0 Å². The van der Waals surface area contributed by atoms with Crippen LogP contribution in [0.25, 0.3) is 39.6 Å². The summed E-state index contributed by atoms with van der Waals surface area (Å²) in [5.41, 5.74) is 6.03. The Kier molecular flexibility index (Phi) is 6.48. The first-order valence-corrected chi connectivity index (χ1v) is 11.7. The van der Waals surface area contributed by atoms with E-state index in [2.05, 4.69) is 30.6 Å². The number of ether oxygens (including phenoxy) is 1. The monoisotopic (exact) mass is 458 g/mol. The van der Waals surface area contributed by atoms with Crippen LogP contribution in [0.4, 0.5) is 0 Å². The van der Waals surface area contributed by atoms with Gasteiger partial charge in [-0.2, -0.15) is 5.10 Å². The summed E-state index contributed by atoms with van der Waals surface area (Å²) < 4.78 is 8.15. The van der Waals surface area contributed by atoms with Crippen molar-refractivity contribution < 1.29 is 4.74 Å². The lowest BCUT2D eigenvalue weighted by molar-refractivity contribution is 0.402. The molecule has 5 heteroatoms. The SMILES string of the molecule is C=C(CCC)Oc1ccccc1-n1nc(-c2ccccn2)c(-c2ccccn2)c1-c1ccccc1. The first-order valence-electron chi connectivity index (χ1n) is 11.7. The van der Waals surface area contributed by atoms with Gasteiger partial charge in [0.25, 0.3) is 0 Å². The van der Waals surface area contributed by atoms with Crippen LogP contribution >= 0.6 is 0 Å². The predicted octanol–water partition coefficient (Wildman–Crippen LogP) is 7.36. The largest absolute Gasteiger partial charge is 0.460 e. The van der Waals surface area contributed by atoms with Gasteiger partial charge in [0, 0.05) is 24.4 Å². The number of aromatic nitrogens is 4. The van der Waals surface area contributed by atoms with Crippen LogP contribution in [0.5, 0.6) is 5.75 Å². The Morgan fingerprint density at radius 2 is 1.46 bits per heavy atom. The third-order valence-corrected chi connectivity index (χ3v) is 5.64. The molecule has 0 saturated heterocycles. The Hall–Kier alpha value is -4.51. The number of rotatable bonds is 8. The normalized spacial score (nSPS) is 10.8. The number of hydrogen-bond donors (Lipinski definition) is 0. The lowest BCUT2D eigenvalue weighted by atomic mass is 10.0. The van der Waals surface area contributed by atoms with E-state index in [0.29, 0.717) is 5.75 Å². The average molecular weight is 459 g/mol. The van der Waals surface area contributed by atoms with Crippen molar-refractivity contribution in [3.63, 3.8) is 0 Å². The zero-order chi connectivity index (χ0) is 24.0. The van der Waals surface area contributed by atoms with E-state index in [-0.39, 0.29) is 0 Å². The van der Waals surface area contributed by atoms with E-state index < -0.39 is 0 Å². The number of benzene rings is 2. The third-order valence-electron chi connectivity index (χ3n) is 5.64. The molecule has 5 nitrogen and oxygen atoms in total. The fourth-order valence-corrected chi connectivity index (χ4v) is 4.09. The van der Waals surface area contributed by atoms with Gasteiger partial charge in [-0.15, -0.1) is 0 Å². The molecule has 3 heterocycles. The van der Waals surface area contributed by atoms with Gasteiger partial charge in [-0.3, -0.25) is 9.97 Å². The molecule has 0 amide bonds. The molecule has 0 saturated carbocycles. The van der Waals surface area contributed by atoms with E-state index in [1.165, 1.54) is 0 Å². The average Bonchev–Trinajstić information content (AvgIpc) is 3.31. The summed E-state index contributed by atoms with van der Waals surface area (Å²) in [6, 6.07) is 29.9. The van der Waals surface area contributed by atoms with Gasteiger partial charge in [-0.25, -0.2) is 4.68 Å². The van der Waals surface area contributed by atoms with Gasteiger partial charge >= 0.3 is 0 Å². The fraction of sp³-hybridized carbons (Fsp3) is 0.100. The number of allylic oxidation sites excluding steroid dienone is 1. The number of hydrogen-bond acceptors (Lipinski definition) is 4. The zero-order valence-electron chi connectivity index (χ0n) is 19.6. The summed E-state index contributed by atoms with van der Waals surface area (Å²) in [5.74, 6) is 1.43. The minimum atomic E-state index is 0.700. The molecule has 0 aliphatic rings. The second kappa shape index (κ2) is 10.2. The number of nitrogens with zero attached hydrogens (tertiary/aromatic N) is 4. The molecule has 0 radical (unpaired) electrons. The van der Waals surface area contributed by atoms with Crippen molar-refractivity contribution in [2.75, 3.05) is 0 Å². The first-order chi connectivity index (χ1) is 17.3. The lowest BCUT2D eigenvalue weighted by Crippen LogP contribution is -2.04. The second-order valence-corrected chi connectivity index (χ2v) is 8.14. The van der Waals surface area contributed by atoms with Gasteiger partial charge in [0.15, 0.2) is 5.75 Å². The minimum absolute atomic E-state index is 0.700. The molecular formula is C30H26N4O. The molecular weight excluding hydrogens is 432 g/mol. The summed E-state index contributed by atoms with van der Waals surface area (Å²) in [5, 5.41) is 5.12. The van der Waals surface area contributed by atoms with Crippen LogP contribution in [-0.2, 0) is 0 Å². The first kappa shape index (κ1) is 22.3. The van der Waals surface area contributed by atoms with E-state index in [1.807, 2.05) is 83.5 Å². The molecule has 5 aromatic rings. The van der Waals surface area contributed by atoms with E-state index in [1.54, 1.807) is 12.4 Å². The number of para-hydroxylation sites is 2. The summed E-state index contributed by atoms with van der Waals surface area (Å²) >= 11 is 0. The highest BCUT2D eigenvalue weighted by Gasteiger charge is 2.25. The Morgan fingerprint density at radius 3 is 2.14 bits per heavy atom. The van der Waals surface area contributed by atoms with Crippen LogP contribution in [0, 0.1) is 0 Å². The maximum Gasteiger partial charge on any atom is 0.152 e. The van der Waals surface area contributed by atoms with Gasteiger partial charge in [0.1, 0.15) is 11.4 Å². The Bertz CT molecular complexity index is 1430. The van der Waals surface area contributed by atoms with Crippen LogP contribution < -0.4 is 4.74 Å². The Labute approximate surface area is 205 Å². The highest BCUT2D eigenvalue weighted by Crippen LogP contribution is 2.41. The van der Waals surface area contributed by atoms with Crippen molar-refractivity contribution in [1.29, 1.82) is 0 Å². The lowest BCUT2D eigenvalue weighted by Gasteiger charge is -2.15. The second-order valence-electron chi connectivity index (χ2n) is 8.14. The molecule has 0 N–H and O–H groups in total. The molecule has 172 valence electrons. The highest BCUT2D eigenvalue weighted by molar-refractivity contribution is 5.90. The highest BCUT2D eigenvalue weighted by atomic mass is 16.5. The predicted molar refractivity (Wildman–Crippen MR) is 140 cm³/mol. The summed E-state index contributed by atoms with van der Waals surface area (Å²) in [7, 11) is 0. The van der Waals surface area contributed by atoms with Crippen LogP contribution in [0.2, 0.25) is 0 Å². The maximum absolute atomic E-state index is 6.21. The van der Waals surface area contributed by atoms with Crippen molar-refractivity contribution in [2.45, 2.75) is 19.8 Å². The van der Waals surface area contributed by atoms with Crippen LogP contribution in [-0.4, -0.2) is 19.7 Å². The van der Waals surface area contributed by atoms with Crippen molar-refractivity contribution >= 4 is 0 Å². The minimum Gasteiger partial charge on any atom is -0.460 e. The fourth-order valence-electron chi connectivity index (χ4n) is 4.09. The quantitative estimate of drug-likeness (QED) is 0.228. The molecule has 0 bridgehead atoms. The molecule has 0 atom stereocenters. The van der Waals surface area contributed by atoms with Crippen molar-refractivity contribution in [1.82, 2.24) is 19.7 Å². The molecule has 0 aliphatic carbocycles. The number of pyridine rings is 2. The van der Waals surface area contributed by atoms with E-state index in [0.717, 1.165) is 58.2 Å². The molecule has 35 heavy (non-hydrogen) atoms. The summed E-state index contributed by atoms with van der Waals surface area (Å²) in [6.07, 6.45) is 5.34. The molecule has 0 spiro atoms. The molecule has 0 unspecified atom stereocenters. The molecule has 2 aromatic carbocycles. The standard InChI is InChI=1S/C30H26N4O/c1-3-13-22(2)35-27-19-8-7-18-26(27)34-30(23-14-5-4-6-15-23)28(24-16-9-11-20-31-24)29(33-34)25-17-10-12-21-32-25/h4-12,14-21H,2-3,13H2,1H3. The van der Waals surface area contributed by atoms with E-state index in [4.69, 9.17) is 14.8 Å². The van der Waals surface area contributed by atoms with Crippen molar-refractivity contribution in [3.05, 3.63) is 116 Å². The van der Waals surface area contributed by atoms with E-state index >= 15 is 0 Å². The van der Waals surface area contributed by atoms with Crippen molar-refractivity contribution in [2.24, 2.45) is 0 Å². The van der Waals surface area contributed by atoms with Gasteiger partial charge < -0.3 is 4.74 Å². The third kappa shape index (κ3) is 4.62. The van der Waals surface area contributed by atoms with Gasteiger partial charge in [-0.05, 0) is 42.8 Å². The van der Waals surface area contributed by atoms with Gasteiger partial charge in [-0.1, -0.05) is 68.1 Å². The van der Waals surface area contributed by atoms with Crippen LogP contribution in [0.15, 0.2) is 116 Å². The molecule has 3 aromatic heterocycles. The summed E-state index contributed by atoms with van der Waals surface area (Å²) in [4.78, 5) is 9.32. The molecule has 0 aliphatic heterocycles. The van der Waals surface area contributed by atoms with Crippen molar-refractivity contribution in [3.8, 4) is 45.3 Å². The van der Waals surface area contributed by atoms with Gasteiger partial charge in [0.2, 0.25) is 0 Å². The molecule has 5 rings (SSSR count). The van der Waals surface area contributed by atoms with Crippen LogP contribution in [0.3, 0.4) is 0 Å². The zero-order valence-corrected chi connectivity index (χ0v) is 19.6. The molecule has 0 fully saturated rings. The Balaban J connectivity index is 1.82.